The summed E-state index contributed by atoms with van der Waals surface area (Å²) in [4.78, 5) is 33.6. The lowest BCUT2D eigenvalue weighted by atomic mass is 9.78. The lowest BCUT2D eigenvalue weighted by Gasteiger charge is -2.39. The Kier molecular flexibility index (Phi) is 4.56. The summed E-state index contributed by atoms with van der Waals surface area (Å²) in [6.07, 6.45) is 6.44. The molecule has 7 nitrogen and oxygen atoms in total. The number of rotatable bonds is 5. The highest BCUT2D eigenvalue weighted by Gasteiger charge is 2.48. The molecule has 0 aromatic carbocycles. The fourth-order valence-electron chi connectivity index (χ4n) is 4.16. The molecule has 1 spiro atoms. The predicted molar refractivity (Wildman–Crippen MR) is 96.9 cm³/mol. The molecule has 2 amide bonds. The van der Waals surface area contributed by atoms with Gasteiger partial charge in [-0.15, -0.1) is 0 Å². The van der Waals surface area contributed by atoms with E-state index in [4.69, 9.17) is 0 Å². The summed E-state index contributed by atoms with van der Waals surface area (Å²) >= 11 is 0. The van der Waals surface area contributed by atoms with Gasteiger partial charge < -0.3 is 20.2 Å². The third kappa shape index (κ3) is 3.28. The third-order valence-electron chi connectivity index (χ3n) is 5.79. The van der Waals surface area contributed by atoms with Crippen molar-refractivity contribution < 1.29 is 14.7 Å². The number of aliphatic hydroxyl groups is 1. The first-order chi connectivity index (χ1) is 12.6. The summed E-state index contributed by atoms with van der Waals surface area (Å²) in [5, 5.41) is 12.2. The van der Waals surface area contributed by atoms with Crippen molar-refractivity contribution in [3.8, 4) is 0 Å². The molecule has 0 radical (unpaired) electrons. The van der Waals surface area contributed by atoms with Crippen LogP contribution in [0.3, 0.4) is 0 Å². The molecule has 3 fully saturated rings. The topological polar surface area (TPSA) is 85.8 Å². The van der Waals surface area contributed by atoms with Crippen molar-refractivity contribution in [2.75, 3.05) is 37.7 Å². The number of β-amino-alcohol motifs (C(OH)–C–C–N with tert-alkyl or cyclic N) is 1. The van der Waals surface area contributed by atoms with Gasteiger partial charge >= 0.3 is 0 Å². The molecule has 2 aliphatic heterocycles. The Morgan fingerprint density at radius 2 is 2.19 bits per heavy atom. The zero-order chi connectivity index (χ0) is 18.1. The highest BCUT2D eigenvalue weighted by atomic mass is 16.3. The number of hydrogen-bond donors (Lipinski definition) is 2. The van der Waals surface area contributed by atoms with Crippen LogP contribution in [0.15, 0.2) is 18.3 Å². The van der Waals surface area contributed by atoms with Crippen LogP contribution in [0.25, 0.3) is 0 Å². The van der Waals surface area contributed by atoms with Crippen molar-refractivity contribution in [2.45, 2.75) is 38.1 Å². The summed E-state index contributed by atoms with van der Waals surface area (Å²) in [5.74, 6) is 0.869. The Balaban J connectivity index is 1.48. The Morgan fingerprint density at radius 3 is 2.96 bits per heavy atom. The van der Waals surface area contributed by atoms with Crippen molar-refractivity contribution in [1.82, 2.24) is 15.2 Å². The molecule has 4 rings (SSSR count). The molecule has 3 aliphatic rings. The number of carbonyl (C=O) groups is 2. The van der Waals surface area contributed by atoms with E-state index in [-0.39, 0.29) is 23.8 Å². The van der Waals surface area contributed by atoms with E-state index < -0.39 is 0 Å². The van der Waals surface area contributed by atoms with E-state index in [2.05, 4.69) is 15.2 Å². The number of amides is 2. The van der Waals surface area contributed by atoms with Crippen LogP contribution in [-0.2, 0) is 4.79 Å². The molecule has 1 aliphatic carbocycles. The minimum atomic E-state index is -0.374. The van der Waals surface area contributed by atoms with Gasteiger partial charge in [-0.2, -0.15) is 0 Å². The van der Waals surface area contributed by atoms with E-state index >= 15 is 0 Å². The van der Waals surface area contributed by atoms with Gasteiger partial charge in [-0.1, -0.05) is 0 Å². The van der Waals surface area contributed by atoms with Crippen LogP contribution < -0.4 is 10.2 Å². The molecule has 1 aromatic rings. The van der Waals surface area contributed by atoms with Gasteiger partial charge in [-0.05, 0) is 44.2 Å². The summed E-state index contributed by atoms with van der Waals surface area (Å²) in [5.41, 5.74) is 0.251. The van der Waals surface area contributed by atoms with Crippen LogP contribution in [0, 0.1) is 5.41 Å². The van der Waals surface area contributed by atoms with E-state index in [9.17, 15) is 14.7 Å². The average molecular weight is 358 g/mol. The second kappa shape index (κ2) is 6.87. The second-order valence-electron chi connectivity index (χ2n) is 7.72. The van der Waals surface area contributed by atoms with Gasteiger partial charge in [-0.3, -0.25) is 9.59 Å². The largest absolute Gasteiger partial charge is 0.395 e. The summed E-state index contributed by atoms with van der Waals surface area (Å²) < 4.78 is 0. The summed E-state index contributed by atoms with van der Waals surface area (Å²) in [6.45, 7) is 2.55. The molecule has 1 atom stereocenters. The maximum atomic E-state index is 12.9. The lowest BCUT2D eigenvalue weighted by Crippen LogP contribution is -2.50. The van der Waals surface area contributed by atoms with Crippen molar-refractivity contribution in [3.63, 3.8) is 0 Å². The van der Waals surface area contributed by atoms with Gasteiger partial charge in [0.25, 0.3) is 5.91 Å². The van der Waals surface area contributed by atoms with Crippen molar-refractivity contribution in [2.24, 2.45) is 5.41 Å². The number of nitrogens with zero attached hydrogens (tertiary/aromatic N) is 3. The minimum Gasteiger partial charge on any atom is -0.395 e. The molecule has 3 heterocycles. The van der Waals surface area contributed by atoms with Crippen LogP contribution in [0.4, 0.5) is 5.82 Å². The zero-order valence-electron chi connectivity index (χ0n) is 15.0. The molecular weight excluding hydrogens is 332 g/mol. The number of anilines is 1. The quantitative estimate of drug-likeness (QED) is 0.813. The first kappa shape index (κ1) is 17.3. The number of piperidine rings is 1. The van der Waals surface area contributed by atoms with Gasteiger partial charge in [0, 0.05) is 44.0 Å². The molecule has 2 N–H and O–H groups in total. The standard InChI is InChI=1S/C19H26N4O3/c24-11-10-22-8-1-5-19(18(22)26)6-9-23(13-19)16-12-14(4-7-20-16)17(25)21-15-2-3-15/h4,7,12,15,24H,1-3,5-6,8-11,13H2,(H,21,25)/t19-/m0/s1. The van der Waals surface area contributed by atoms with E-state index in [1.165, 1.54) is 0 Å². The van der Waals surface area contributed by atoms with E-state index in [1.54, 1.807) is 17.2 Å². The molecule has 1 aromatic heterocycles. The highest BCUT2D eigenvalue weighted by molar-refractivity contribution is 5.95. The molecule has 2 saturated heterocycles. The fraction of sp³-hybridized carbons (Fsp3) is 0.632. The van der Waals surface area contributed by atoms with E-state index in [1.807, 2.05) is 6.07 Å². The van der Waals surface area contributed by atoms with Crippen molar-refractivity contribution in [1.29, 1.82) is 0 Å². The maximum absolute atomic E-state index is 12.9. The van der Waals surface area contributed by atoms with Gasteiger partial charge in [0.15, 0.2) is 0 Å². The predicted octanol–water partition coefficient (Wildman–Crippen LogP) is 0.785. The third-order valence-corrected chi connectivity index (χ3v) is 5.79. The number of carbonyl (C=O) groups excluding carboxylic acids is 2. The first-order valence-corrected chi connectivity index (χ1v) is 9.53. The molecule has 140 valence electrons. The number of aliphatic hydroxyl groups excluding tert-OH is 1. The number of pyridine rings is 1. The Morgan fingerprint density at radius 1 is 1.35 bits per heavy atom. The van der Waals surface area contributed by atoms with Crippen LogP contribution in [0.1, 0.15) is 42.5 Å². The lowest BCUT2D eigenvalue weighted by molar-refractivity contribution is -0.145. The Hall–Kier alpha value is -2.15. The number of hydrogen-bond acceptors (Lipinski definition) is 5. The summed E-state index contributed by atoms with van der Waals surface area (Å²) in [6, 6.07) is 3.89. The summed E-state index contributed by atoms with van der Waals surface area (Å²) in [7, 11) is 0. The Labute approximate surface area is 153 Å². The van der Waals surface area contributed by atoms with Gasteiger partial charge in [0.1, 0.15) is 5.82 Å². The van der Waals surface area contributed by atoms with Crippen LogP contribution in [0.5, 0.6) is 0 Å². The second-order valence-corrected chi connectivity index (χ2v) is 7.72. The van der Waals surface area contributed by atoms with Gasteiger partial charge in [0.2, 0.25) is 5.91 Å². The van der Waals surface area contributed by atoms with Crippen molar-refractivity contribution >= 4 is 17.6 Å². The smallest absolute Gasteiger partial charge is 0.251 e. The van der Waals surface area contributed by atoms with E-state index in [0.29, 0.717) is 24.7 Å². The molecule has 1 saturated carbocycles. The van der Waals surface area contributed by atoms with Crippen LogP contribution >= 0.6 is 0 Å². The maximum Gasteiger partial charge on any atom is 0.251 e. The number of nitrogens with one attached hydrogen (secondary N) is 1. The first-order valence-electron chi connectivity index (χ1n) is 9.53. The fourth-order valence-corrected chi connectivity index (χ4v) is 4.16. The van der Waals surface area contributed by atoms with E-state index in [0.717, 1.165) is 51.0 Å². The number of likely N-dealkylation sites (tertiary alicyclic amines) is 1. The monoisotopic (exact) mass is 358 g/mol. The number of aromatic nitrogens is 1. The van der Waals surface area contributed by atoms with Gasteiger partial charge in [0.05, 0.1) is 12.0 Å². The average Bonchev–Trinajstić information content (AvgIpc) is 3.36. The SMILES string of the molecule is O=C(NC1CC1)c1ccnc(N2CC[C@@]3(CCCN(CCO)C3=O)C2)c1. The minimum absolute atomic E-state index is 0.00520. The van der Waals surface area contributed by atoms with Crippen LogP contribution in [0.2, 0.25) is 0 Å². The molecule has 0 unspecified atom stereocenters. The zero-order valence-corrected chi connectivity index (χ0v) is 15.0. The molecule has 26 heavy (non-hydrogen) atoms. The van der Waals surface area contributed by atoms with Crippen molar-refractivity contribution in [3.05, 3.63) is 23.9 Å². The van der Waals surface area contributed by atoms with Gasteiger partial charge in [-0.25, -0.2) is 4.98 Å². The van der Waals surface area contributed by atoms with Crippen LogP contribution in [-0.4, -0.2) is 65.6 Å². The normalized spacial score (nSPS) is 25.8. The molecule has 7 heteroatoms. The molecule has 0 bridgehead atoms. The molecular formula is C19H26N4O3. The Bertz CT molecular complexity index is 704. The highest BCUT2D eigenvalue weighted by Crippen LogP contribution is 2.41.